The van der Waals surface area contributed by atoms with Gasteiger partial charge in [0.1, 0.15) is 5.01 Å². The Morgan fingerprint density at radius 1 is 1.03 bits per heavy atom. The van der Waals surface area contributed by atoms with Gasteiger partial charge in [-0.3, -0.25) is 10.7 Å². The third-order valence-corrected chi connectivity index (χ3v) is 6.11. The minimum absolute atomic E-state index is 0.134. The summed E-state index contributed by atoms with van der Waals surface area (Å²) in [5, 5.41) is 22.5. The summed E-state index contributed by atoms with van der Waals surface area (Å²) in [6.45, 7) is 1.94. The van der Waals surface area contributed by atoms with Gasteiger partial charge in [0.2, 0.25) is 0 Å². The lowest BCUT2D eigenvalue weighted by atomic mass is 9.96. The first-order valence-corrected chi connectivity index (χ1v) is 10.3. The lowest BCUT2D eigenvalue weighted by Crippen LogP contribution is -2.02. The van der Waals surface area contributed by atoms with Crippen LogP contribution >= 0.6 is 22.9 Å². The summed E-state index contributed by atoms with van der Waals surface area (Å²) in [7, 11) is 0. The Morgan fingerprint density at radius 3 is 2.53 bits per heavy atom. The van der Waals surface area contributed by atoms with Crippen molar-refractivity contribution in [2.24, 2.45) is 0 Å². The number of para-hydroxylation sites is 1. The number of benzene rings is 3. The van der Waals surface area contributed by atoms with E-state index in [1.165, 1.54) is 11.3 Å². The number of rotatable bonds is 5. The van der Waals surface area contributed by atoms with E-state index < -0.39 is 5.97 Å². The summed E-state index contributed by atoms with van der Waals surface area (Å²) in [6, 6.07) is 17.9. The molecule has 150 valence electrons. The molecule has 0 atom stereocenters. The van der Waals surface area contributed by atoms with Gasteiger partial charge in [-0.25, -0.2) is 9.78 Å². The molecule has 0 spiro atoms. The molecule has 0 bridgehead atoms. The fraction of sp³-hybridized carbons (Fsp3) is 0.0435. The molecular formula is C23H17ClN2O3S. The van der Waals surface area contributed by atoms with Crippen LogP contribution in [0, 0.1) is 6.92 Å². The van der Waals surface area contributed by atoms with Crippen molar-refractivity contribution in [2.75, 3.05) is 5.48 Å². The van der Waals surface area contributed by atoms with Gasteiger partial charge >= 0.3 is 5.97 Å². The summed E-state index contributed by atoms with van der Waals surface area (Å²) >= 11 is 7.56. The van der Waals surface area contributed by atoms with E-state index in [0.717, 1.165) is 21.8 Å². The van der Waals surface area contributed by atoms with Crippen LogP contribution in [0.15, 0.2) is 66.0 Å². The van der Waals surface area contributed by atoms with Gasteiger partial charge in [0.25, 0.3) is 0 Å². The summed E-state index contributed by atoms with van der Waals surface area (Å²) in [4.78, 5) is 16.7. The first kappa shape index (κ1) is 20.1. The number of aromatic carboxylic acids is 1. The number of nitrogens with one attached hydrogen (secondary N) is 1. The maximum atomic E-state index is 12.0. The molecule has 0 aliphatic heterocycles. The first-order chi connectivity index (χ1) is 14.5. The molecule has 0 unspecified atom stereocenters. The van der Waals surface area contributed by atoms with E-state index in [1.807, 2.05) is 36.6 Å². The van der Waals surface area contributed by atoms with E-state index in [0.29, 0.717) is 27.4 Å². The van der Waals surface area contributed by atoms with Gasteiger partial charge in [0.05, 0.1) is 16.9 Å². The fourth-order valence-corrected chi connectivity index (χ4v) is 4.19. The van der Waals surface area contributed by atoms with Crippen LogP contribution in [0.3, 0.4) is 0 Å². The number of aryl methyl sites for hydroxylation is 1. The third-order valence-electron chi connectivity index (χ3n) is 4.79. The molecule has 5 nitrogen and oxygen atoms in total. The molecule has 1 aromatic heterocycles. The number of anilines is 1. The Morgan fingerprint density at radius 2 is 1.80 bits per heavy atom. The van der Waals surface area contributed by atoms with E-state index in [4.69, 9.17) is 11.6 Å². The molecule has 4 rings (SSSR count). The van der Waals surface area contributed by atoms with E-state index in [1.54, 1.807) is 36.4 Å². The standard InChI is InChI=1S/C23H17ClN2O3S/c1-13-10-14(7-9-19(13)24)21-12-30-22(25-21)15-6-8-16(18(11-15)23(27)28)17-4-2-3-5-20(17)26-29/h2-12,26,29H,1H3,(H,27,28). The number of hydrogen-bond donors (Lipinski definition) is 3. The lowest BCUT2D eigenvalue weighted by Gasteiger charge is -2.12. The van der Waals surface area contributed by atoms with Crippen molar-refractivity contribution in [3.63, 3.8) is 0 Å². The van der Waals surface area contributed by atoms with Gasteiger partial charge < -0.3 is 5.11 Å². The maximum Gasteiger partial charge on any atom is 0.336 e. The molecule has 0 aliphatic carbocycles. The number of halogens is 1. The Labute approximate surface area is 182 Å². The van der Waals surface area contributed by atoms with Crippen molar-refractivity contribution in [1.82, 2.24) is 4.98 Å². The molecule has 0 fully saturated rings. The number of aromatic nitrogens is 1. The molecule has 3 aromatic carbocycles. The number of nitrogens with zero attached hydrogens (tertiary/aromatic N) is 1. The average molecular weight is 437 g/mol. The highest BCUT2D eigenvalue weighted by Crippen LogP contribution is 2.35. The van der Waals surface area contributed by atoms with E-state index in [-0.39, 0.29) is 5.56 Å². The van der Waals surface area contributed by atoms with Crippen LogP contribution in [-0.2, 0) is 0 Å². The molecule has 4 aromatic rings. The van der Waals surface area contributed by atoms with Crippen LogP contribution in [0.1, 0.15) is 15.9 Å². The molecule has 3 N–H and O–H groups in total. The zero-order valence-electron chi connectivity index (χ0n) is 15.9. The Hall–Kier alpha value is -3.19. The molecule has 7 heteroatoms. The molecular weight excluding hydrogens is 420 g/mol. The lowest BCUT2D eigenvalue weighted by molar-refractivity contribution is 0.0697. The van der Waals surface area contributed by atoms with Crippen LogP contribution in [0.25, 0.3) is 33.0 Å². The predicted molar refractivity (Wildman–Crippen MR) is 121 cm³/mol. The monoisotopic (exact) mass is 436 g/mol. The molecule has 0 amide bonds. The number of carboxylic acid groups (broad SMARTS) is 1. The predicted octanol–water partition coefficient (Wildman–Crippen LogP) is 6.61. The van der Waals surface area contributed by atoms with E-state index >= 15 is 0 Å². The average Bonchev–Trinajstić information content (AvgIpc) is 3.25. The van der Waals surface area contributed by atoms with Crippen molar-refractivity contribution in [3.05, 3.63) is 82.2 Å². The molecule has 0 saturated carbocycles. The van der Waals surface area contributed by atoms with Crippen LogP contribution in [0.4, 0.5) is 5.69 Å². The van der Waals surface area contributed by atoms with Crippen LogP contribution < -0.4 is 5.48 Å². The van der Waals surface area contributed by atoms with Crippen LogP contribution in [-0.4, -0.2) is 21.3 Å². The van der Waals surface area contributed by atoms with Gasteiger partial charge in [0.15, 0.2) is 0 Å². The van der Waals surface area contributed by atoms with Crippen molar-refractivity contribution in [3.8, 4) is 33.0 Å². The Balaban J connectivity index is 1.76. The van der Waals surface area contributed by atoms with Crippen molar-refractivity contribution >= 4 is 34.6 Å². The second-order valence-corrected chi connectivity index (χ2v) is 7.99. The molecule has 1 heterocycles. The topological polar surface area (TPSA) is 82.5 Å². The maximum absolute atomic E-state index is 12.0. The number of carbonyl (C=O) groups is 1. The minimum atomic E-state index is -1.05. The largest absolute Gasteiger partial charge is 0.478 e. The van der Waals surface area contributed by atoms with Crippen molar-refractivity contribution in [2.45, 2.75) is 6.92 Å². The first-order valence-electron chi connectivity index (χ1n) is 9.07. The highest BCUT2D eigenvalue weighted by molar-refractivity contribution is 7.13. The Kier molecular flexibility index (Phi) is 5.55. The quantitative estimate of drug-likeness (QED) is 0.307. The van der Waals surface area contributed by atoms with Crippen LogP contribution in [0.2, 0.25) is 5.02 Å². The smallest absolute Gasteiger partial charge is 0.336 e. The van der Waals surface area contributed by atoms with Gasteiger partial charge in [-0.2, -0.15) is 0 Å². The molecule has 0 saturated heterocycles. The molecule has 30 heavy (non-hydrogen) atoms. The highest BCUT2D eigenvalue weighted by Gasteiger charge is 2.17. The number of thiazole rings is 1. The zero-order chi connectivity index (χ0) is 21.3. The fourth-order valence-electron chi connectivity index (χ4n) is 3.25. The highest BCUT2D eigenvalue weighted by atomic mass is 35.5. The van der Waals surface area contributed by atoms with E-state index in [9.17, 15) is 15.1 Å². The van der Waals surface area contributed by atoms with Crippen molar-refractivity contribution < 1.29 is 15.1 Å². The Bertz CT molecular complexity index is 1250. The van der Waals surface area contributed by atoms with Gasteiger partial charge in [-0.15, -0.1) is 11.3 Å². The van der Waals surface area contributed by atoms with Gasteiger partial charge in [0, 0.05) is 27.1 Å². The minimum Gasteiger partial charge on any atom is -0.478 e. The van der Waals surface area contributed by atoms with E-state index in [2.05, 4.69) is 10.5 Å². The summed E-state index contributed by atoms with van der Waals surface area (Å²) < 4.78 is 0. The summed E-state index contributed by atoms with van der Waals surface area (Å²) in [5.74, 6) is -1.05. The second-order valence-electron chi connectivity index (χ2n) is 6.72. The molecule has 0 radical (unpaired) electrons. The number of hydrogen-bond acceptors (Lipinski definition) is 5. The summed E-state index contributed by atoms with van der Waals surface area (Å²) in [6.07, 6.45) is 0. The molecule has 0 aliphatic rings. The zero-order valence-corrected chi connectivity index (χ0v) is 17.5. The van der Waals surface area contributed by atoms with Crippen LogP contribution in [0.5, 0.6) is 0 Å². The van der Waals surface area contributed by atoms with Gasteiger partial charge in [-0.05, 0) is 42.3 Å². The summed E-state index contributed by atoms with van der Waals surface area (Å²) in [5.41, 5.74) is 7.25. The van der Waals surface area contributed by atoms with Crippen molar-refractivity contribution in [1.29, 1.82) is 0 Å². The third kappa shape index (κ3) is 3.80. The number of carboxylic acids is 1. The second kappa shape index (κ2) is 8.28. The van der Waals surface area contributed by atoms with Gasteiger partial charge in [-0.1, -0.05) is 48.0 Å². The normalized spacial score (nSPS) is 10.8. The SMILES string of the molecule is Cc1cc(-c2csc(-c3ccc(-c4ccccc4NO)c(C(=O)O)c3)n2)ccc1Cl.